The first-order valence-corrected chi connectivity index (χ1v) is 10.4. The van der Waals surface area contributed by atoms with Gasteiger partial charge in [-0.25, -0.2) is 0 Å². The third-order valence-electron chi connectivity index (χ3n) is 5.51. The second-order valence-electron chi connectivity index (χ2n) is 8.04. The van der Waals surface area contributed by atoms with Gasteiger partial charge in [-0.05, 0) is 51.2 Å². The Morgan fingerprint density at radius 1 is 1.21 bits per heavy atom. The average molecular weight is 462 g/mol. The van der Waals surface area contributed by atoms with Crippen molar-refractivity contribution < 1.29 is 27.6 Å². The molecule has 0 saturated carbocycles. The van der Waals surface area contributed by atoms with E-state index in [1.165, 1.54) is 21.9 Å². The Bertz CT molecular complexity index is 1060. The monoisotopic (exact) mass is 462 g/mol. The normalized spacial score (nSPS) is 17.1. The number of anilines is 3. The quantitative estimate of drug-likeness (QED) is 0.710. The number of benzene rings is 2. The van der Waals surface area contributed by atoms with Crippen LogP contribution in [0.2, 0.25) is 0 Å². The van der Waals surface area contributed by atoms with Gasteiger partial charge < -0.3 is 15.5 Å². The Hall–Kier alpha value is -3.40. The number of hydrogen-bond acceptors (Lipinski definition) is 4. The lowest BCUT2D eigenvalue weighted by Gasteiger charge is -2.31. The van der Waals surface area contributed by atoms with E-state index in [2.05, 4.69) is 10.6 Å². The lowest BCUT2D eigenvalue weighted by molar-refractivity contribution is -0.137. The maximum absolute atomic E-state index is 13.2. The number of para-hydroxylation sites is 2. The molecule has 1 aliphatic rings. The minimum absolute atomic E-state index is 0.0149. The molecule has 33 heavy (non-hydrogen) atoms. The summed E-state index contributed by atoms with van der Waals surface area (Å²) in [6.07, 6.45) is -4.40. The molecule has 0 saturated heterocycles. The number of nitrogens with one attached hydrogen (secondary N) is 2. The van der Waals surface area contributed by atoms with Gasteiger partial charge in [0.15, 0.2) is 0 Å². The lowest BCUT2D eigenvalue weighted by atomic mass is 10.1. The molecule has 0 unspecified atom stereocenters. The maximum Gasteiger partial charge on any atom is 0.416 e. The van der Waals surface area contributed by atoms with Crippen LogP contribution >= 0.6 is 0 Å². The third-order valence-corrected chi connectivity index (χ3v) is 5.51. The lowest BCUT2D eigenvalue weighted by Crippen LogP contribution is -2.48. The number of likely N-dealkylation sites (N-methyl/N-ethyl adjacent to an activating group) is 1. The van der Waals surface area contributed by atoms with Gasteiger partial charge in [0.25, 0.3) is 0 Å². The number of fused-ring (bicyclic) bond motifs is 1. The predicted octanol–water partition coefficient (Wildman–Crippen LogP) is 3.73. The van der Waals surface area contributed by atoms with Gasteiger partial charge in [-0.1, -0.05) is 18.2 Å². The molecular weight excluding hydrogens is 437 g/mol. The molecule has 3 rings (SSSR count). The zero-order chi connectivity index (χ0) is 24.3. The van der Waals surface area contributed by atoms with E-state index in [-0.39, 0.29) is 30.5 Å². The summed E-state index contributed by atoms with van der Waals surface area (Å²) in [5.41, 5.74) is 0.239. The molecule has 1 aliphatic heterocycles. The van der Waals surface area contributed by atoms with Gasteiger partial charge >= 0.3 is 6.18 Å². The Balaban J connectivity index is 1.70. The van der Waals surface area contributed by atoms with Crippen LogP contribution in [0, 0.1) is 0 Å². The molecule has 0 aromatic heterocycles. The summed E-state index contributed by atoms with van der Waals surface area (Å²) in [7, 11) is 1.58. The molecule has 1 heterocycles. The average Bonchev–Trinajstić information content (AvgIpc) is 2.86. The first-order valence-electron chi connectivity index (χ1n) is 10.4. The number of carbonyl (C=O) groups excluding carboxylic acids is 3. The minimum Gasteiger partial charge on any atom is -0.325 e. The fourth-order valence-electron chi connectivity index (χ4n) is 3.61. The number of alkyl halides is 3. The van der Waals surface area contributed by atoms with Crippen LogP contribution in [0.25, 0.3) is 0 Å². The van der Waals surface area contributed by atoms with Gasteiger partial charge in [-0.3, -0.25) is 19.3 Å². The Morgan fingerprint density at radius 3 is 2.61 bits per heavy atom. The van der Waals surface area contributed by atoms with Crippen LogP contribution in [0.5, 0.6) is 0 Å². The number of halogens is 3. The Kier molecular flexibility index (Phi) is 7.06. The number of amides is 3. The molecule has 2 N–H and O–H groups in total. The smallest absolute Gasteiger partial charge is 0.325 e. The molecule has 3 amide bonds. The van der Waals surface area contributed by atoms with Gasteiger partial charge in [0, 0.05) is 18.2 Å². The van der Waals surface area contributed by atoms with Crippen molar-refractivity contribution in [1.82, 2.24) is 4.90 Å². The molecule has 0 radical (unpaired) electrons. The highest BCUT2D eigenvalue weighted by atomic mass is 19.4. The fraction of sp³-hybridized carbons (Fsp3) is 0.348. The Morgan fingerprint density at radius 2 is 1.91 bits per heavy atom. The molecule has 176 valence electrons. The predicted molar refractivity (Wildman–Crippen MR) is 119 cm³/mol. The van der Waals surface area contributed by atoms with Crippen molar-refractivity contribution in [3.63, 3.8) is 0 Å². The van der Waals surface area contributed by atoms with Crippen molar-refractivity contribution >= 4 is 34.8 Å². The van der Waals surface area contributed by atoms with E-state index in [1.807, 2.05) is 0 Å². The highest BCUT2D eigenvalue weighted by Gasteiger charge is 2.32. The van der Waals surface area contributed by atoms with Crippen molar-refractivity contribution in [3.05, 3.63) is 54.1 Å². The minimum atomic E-state index is -4.52. The number of nitrogens with zero attached hydrogens (tertiary/aromatic N) is 2. The first-order chi connectivity index (χ1) is 15.5. The highest BCUT2D eigenvalue weighted by molar-refractivity contribution is 6.05. The van der Waals surface area contributed by atoms with Crippen LogP contribution in [0.3, 0.4) is 0 Å². The zero-order valence-electron chi connectivity index (χ0n) is 18.4. The summed E-state index contributed by atoms with van der Waals surface area (Å²) in [5, 5.41) is 5.25. The topological polar surface area (TPSA) is 81.8 Å². The second-order valence-corrected chi connectivity index (χ2v) is 8.04. The number of carbonyl (C=O) groups is 3. The molecular formula is C23H25F3N4O3. The van der Waals surface area contributed by atoms with Gasteiger partial charge in [0.05, 0.1) is 29.5 Å². The number of hydrogen-bond donors (Lipinski definition) is 2. The summed E-state index contributed by atoms with van der Waals surface area (Å²) in [5.74, 6) is -1.06. The molecule has 0 spiro atoms. The van der Waals surface area contributed by atoms with Crippen LogP contribution in [0.1, 0.15) is 25.8 Å². The van der Waals surface area contributed by atoms with E-state index >= 15 is 0 Å². The molecule has 7 nitrogen and oxygen atoms in total. The van der Waals surface area contributed by atoms with Crippen LogP contribution in [0.15, 0.2) is 48.5 Å². The molecule has 0 fully saturated rings. The van der Waals surface area contributed by atoms with Crippen molar-refractivity contribution in [1.29, 1.82) is 0 Å². The van der Waals surface area contributed by atoms with Gasteiger partial charge in [-0.15, -0.1) is 0 Å². The van der Waals surface area contributed by atoms with E-state index in [9.17, 15) is 27.6 Å². The van der Waals surface area contributed by atoms with E-state index in [4.69, 9.17) is 0 Å². The summed E-state index contributed by atoms with van der Waals surface area (Å²) >= 11 is 0. The summed E-state index contributed by atoms with van der Waals surface area (Å²) < 4.78 is 38.7. The van der Waals surface area contributed by atoms with Crippen molar-refractivity contribution in [2.24, 2.45) is 0 Å². The van der Waals surface area contributed by atoms with Crippen molar-refractivity contribution in [3.8, 4) is 0 Å². The van der Waals surface area contributed by atoms with E-state index in [0.717, 1.165) is 12.1 Å². The van der Waals surface area contributed by atoms with Crippen LogP contribution in [-0.4, -0.2) is 48.3 Å². The van der Waals surface area contributed by atoms with Crippen LogP contribution in [-0.2, 0) is 20.6 Å². The van der Waals surface area contributed by atoms with Crippen molar-refractivity contribution in [2.75, 3.05) is 29.1 Å². The van der Waals surface area contributed by atoms with Crippen LogP contribution in [0.4, 0.5) is 30.2 Å². The maximum atomic E-state index is 13.2. The Labute approximate surface area is 189 Å². The standard InChI is InChI=1S/C23H25F3N4O3/c1-14-11-20(31)28-18-9-4-5-10-19(18)30(14)21(32)13-29(3)15(2)22(33)27-17-8-6-7-16(12-17)23(24,25)26/h4-10,12,14-15H,11,13H2,1-3H3,(H,27,33)(H,28,31)/t14-,15-/m0/s1. The van der Waals surface area contributed by atoms with Gasteiger partial charge in [0.2, 0.25) is 17.7 Å². The molecule has 0 bridgehead atoms. The van der Waals surface area contributed by atoms with Crippen molar-refractivity contribution in [2.45, 2.75) is 38.5 Å². The van der Waals surface area contributed by atoms with E-state index in [0.29, 0.717) is 11.4 Å². The SMILES string of the molecule is C[C@@H](C(=O)Nc1cccc(C(F)(F)F)c1)N(C)CC(=O)N1c2ccccc2NC(=O)C[C@@H]1C. The molecule has 2 aromatic carbocycles. The zero-order valence-corrected chi connectivity index (χ0v) is 18.4. The molecule has 2 atom stereocenters. The van der Waals surface area contributed by atoms with Crippen LogP contribution < -0.4 is 15.5 Å². The second kappa shape index (κ2) is 9.62. The van der Waals surface area contributed by atoms with Gasteiger partial charge in [0.1, 0.15) is 0 Å². The van der Waals surface area contributed by atoms with Gasteiger partial charge in [-0.2, -0.15) is 13.2 Å². The fourth-order valence-corrected chi connectivity index (χ4v) is 3.61. The first kappa shape index (κ1) is 24.2. The highest BCUT2D eigenvalue weighted by Crippen LogP contribution is 2.32. The molecule has 0 aliphatic carbocycles. The summed E-state index contributed by atoms with van der Waals surface area (Å²) in [4.78, 5) is 40.9. The van der Waals surface area contributed by atoms with E-state index in [1.54, 1.807) is 45.2 Å². The molecule has 10 heteroatoms. The summed E-state index contributed by atoms with van der Waals surface area (Å²) in [6, 6.07) is 10.1. The summed E-state index contributed by atoms with van der Waals surface area (Å²) in [6.45, 7) is 3.19. The largest absolute Gasteiger partial charge is 0.416 e. The molecule has 2 aromatic rings. The number of rotatable bonds is 5. The third kappa shape index (κ3) is 5.70. The van der Waals surface area contributed by atoms with E-state index < -0.39 is 29.7 Å².